The van der Waals surface area contributed by atoms with Crippen molar-refractivity contribution >= 4 is 58.4 Å². The molecule has 0 aliphatic heterocycles. The van der Waals surface area contributed by atoms with E-state index >= 15 is 0 Å². The zero-order valence-electron chi connectivity index (χ0n) is 15.9. The van der Waals surface area contributed by atoms with Crippen molar-refractivity contribution < 1.29 is 14.4 Å². The molecule has 9 heteroatoms. The van der Waals surface area contributed by atoms with Gasteiger partial charge in [-0.15, -0.1) is 5.06 Å². The van der Waals surface area contributed by atoms with Crippen LogP contribution in [0.15, 0.2) is 66.7 Å². The van der Waals surface area contributed by atoms with Crippen LogP contribution in [-0.2, 0) is 17.9 Å². The van der Waals surface area contributed by atoms with Crippen LogP contribution in [0.25, 0.3) is 0 Å². The molecule has 1 N–H and O–H groups in total. The molecule has 0 aromatic heterocycles. The molecule has 0 radical (unpaired) electrons. The molecule has 0 aliphatic rings. The predicted octanol–water partition coefficient (Wildman–Crippen LogP) is 6.78. The lowest BCUT2D eigenvalue weighted by molar-refractivity contribution is -0.114. The monoisotopic (exact) mass is 496 g/mol. The second kappa shape index (κ2) is 10.8. The average Bonchev–Trinajstić information content (AvgIpc) is 2.71. The molecule has 3 rings (SSSR count). The van der Waals surface area contributed by atoms with Gasteiger partial charge in [-0.3, -0.25) is 10.1 Å². The topological polar surface area (TPSA) is 58.6 Å². The first-order valence-electron chi connectivity index (χ1n) is 9.03. The zero-order chi connectivity index (χ0) is 22.4. The molecular weight excluding hydrogens is 482 g/mol. The second-order valence-corrected chi connectivity index (χ2v) is 8.17. The van der Waals surface area contributed by atoms with Crippen molar-refractivity contribution in [2.24, 2.45) is 0 Å². The molecule has 3 aromatic carbocycles. The van der Waals surface area contributed by atoms with Crippen molar-refractivity contribution in [3.8, 4) is 0 Å². The van der Waals surface area contributed by atoms with Crippen LogP contribution in [0.5, 0.6) is 0 Å². The maximum atomic E-state index is 12.4. The van der Waals surface area contributed by atoms with Gasteiger partial charge in [0.1, 0.15) is 0 Å². The summed E-state index contributed by atoms with van der Waals surface area (Å²) in [6.07, 6.45) is -0.969. The molecule has 0 atom stereocenters. The van der Waals surface area contributed by atoms with E-state index < -0.39 is 12.0 Å². The van der Waals surface area contributed by atoms with Crippen LogP contribution in [-0.4, -0.2) is 17.1 Å². The molecule has 31 heavy (non-hydrogen) atoms. The van der Waals surface area contributed by atoms with E-state index in [1.807, 2.05) is 24.3 Å². The number of imide groups is 1. The number of nitrogens with one attached hydrogen (secondary N) is 1. The molecule has 0 heterocycles. The first-order valence-corrected chi connectivity index (χ1v) is 10.5. The Morgan fingerprint density at radius 3 is 1.65 bits per heavy atom. The Morgan fingerprint density at radius 1 is 0.742 bits per heavy atom. The number of hydrogen-bond acceptors (Lipinski definition) is 4. The van der Waals surface area contributed by atoms with E-state index in [9.17, 15) is 9.59 Å². The lowest BCUT2D eigenvalue weighted by atomic mass is 10.2. The van der Waals surface area contributed by atoms with E-state index in [0.29, 0.717) is 10.0 Å². The third kappa shape index (κ3) is 6.86. The number of carbonyl (C=O) groups excluding carboxylic acids is 2. The van der Waals surface area contributed by atoms with Gasteiger partial charge in [-0.25, -0.2) is 4.79 Å². The second-order valence-electron chi connectivity index (χ2n) is 6.48. The van der Waals surface area contributed by atoms with Crippen LogP contribution in [0.3, 0.4) is 0 Å². The summed E-state index contributed by atoms with van der Waals surface area (Å²) < 4.78 is 0. The lowest BCUT2D eigenvalue weighted by Crippen LogP contribution is -2.37. The highest BCUT2D eigenvalue weighted by Gasteiger charge is 2.20. The Morgan fingerprint density at radius 2 is 1.19 bits per heavy atom. The molecule has 0 saturated heterocycles. The Hall–Kier alpha value is -2.28. The van der Waals surface area contributed by atoms with Crippen LogP contribution >= 0.6 is 46.4 Å². The summed E-state index contributed by atoms with van der Waals surface area (Å²) >= 11 is 23.9. The molecular formula is C22H16Cl4N2O3. The van der Waals surface area contributed by atoms with Gasteiger partial charge in [0.15, 0.2) is 0 Å². The van der Waals surface area contributed by atoms with Gasteiger partial charge in [0.2, 0.25) is 0 Å². The highest BCUT2D eigenvalue weighted by molar-refractivity contribution is 6.40. The highest BCUT2D eigenvalue weighted by atomic mass is 35.5. The van der Waals surface area contributed by atoms with E-state index in [1.165, 1.54) is 17.2 Å². The molecule has 0 aliphatic carbocycles. The quantitative estimate of drug-likeness (QED) is 0.381. The fourth-order valence-corrected chi connectivity index (χ4v) is 3.54. The Kier molecular flexibility index (Phi) is 8.18. The van der Waals surface area contributed by atoms with Crippen molar-refractivity contribution in [2.45, 2.75) is 13.1 Å². The van der Waals surface area contributed by atoms with Gasteiger partial charge < -0.3 is 4.84 Å². The van der Waals surface area contributed by atoms with Crippen molar-refractivity contribution in [3.05, 3.63) is 104 Å². The summed E-state index contributed by atoms with van der Waals surface area (Å²) in [7, 11) is 0. The number of nitrogens with zero attached hydrogens (tertiary/aromatic N) is 1. The smallest absolute Gasteiger partial charge is 0.350 e. The highest BCUT2D eigenvalue weighted by Crippen LogP contribution is 2.24. The molecule has 0 saturated carbocycles. The van der Waals surface area contributed by atoms with E-state index in [2.05, 4.69) is 5.32 Å². The fraction of sp³-hybridized carbons (Fsp3) is 0.0909. The average molecular weight is 498 g/mol. The SMILES string of the molecule is O=C(NC(=O)c1c(Cl)cccc1Cl)ON(Cc1ccc(Cl)cc1)Cc1ccc(Cl)cc1. The largest absolute Gasteiger partial charge is 0.433 e. The normalized spacial score (nSPS) is 10.7. The van der Waals surface area contributed by atoms with Gasteiger partial charge in [-0.05, 0) is 47.5 Å². The van der Waals surface area contributed by atoms with E-state index in [-0.39, 0.29) is 28.7 Å². The molecule has 0 bridgehead atoms. The molecule has 160 valence electrons. The maximum Gasteiger partial charge on any atom is 0.433 e. The fourth-order valence-electron chi connectivity index (χ4n) is 2.72. The lowest BCUT2D eigenvalue weighted by Gasteiger charge is -2.21. The van der Waals surface area contributed by atoms with E-state index in [0.717, 1.165) is 11.1 Å². The number of hydrogen-bond donors (Lipinski definition) is 1. The Bertz CT molecular complexity index is 1010. The van der Waals surface area contributed by atoms with Crippen LogP contribution < -0.4 is 5.32 Å². The maximum absolute atomic E-state index is 12.4. The van der Waals surface area contributed by atoms with Gasteiger partial charge in [-0.1, -0.05) is 76.7 Å². The minimum atomic E-state index is -0.969. The van der Waals surface area contributed by atoms with Crippen LogP contribution in [0.1, 0.15) is 21.5 Å². The van der Waals surface area contributed by atoms with Gasteiger partial charge in [-0.2, -0.15) is 0 Å². The summed E-state index contributed by atoms with van der Waals surface area (Å²) in [5.41, 5.74) is 1.70. The zero-order valence-corrected chi connectivity index (χ0v) is 19.0. The Balaban J connectivity index is 1.73. The minimum Gasteiger partial charge on any atom is -0.350 e. The number of amides is 2. The number of halogens is 4. The van der Waals surface area contributed by atoms with Gasteiger partial charge >= 0.3 is 6.09 Å². The van der Waals surface area contributed by atoms with Crippen LogP contribution in [0.2, 0.25) is 20.1 Å². The van der Waals surface area contributed by atoms with Gasteiger partial charge in [0, 0.05) is 10.0 Å². The number of benzene rings is 3. The predicted molar refractivity (Wildman–Crippen MR) is 123 cm³/mol. The summed E-state index contributed by atoms with van der Waals surface area (Å²) in [5.74, 6) is -0.765. The molecule has 0 fully saturated rings. The van der Waals surface area contributed by atoms with Crippen molar-refractivity contribution in [2.75, 3.05) is 0 Å². The standard InChI is InChI=1S/C22H16Cl4N2O3/c23-16-8-4-14(5-9-16)12-28(13-15-6-10-17(24)11-7-15)31-22(30)27-21(29)20-18(25)2-1-3-19(20)26/h1-11H,12-13H2,(H,27,29,30). The number of carbonyl (C=O) groups is 2. The van der Waals surface area contributed by atoms with E-state index in [1.54, 1.807) is 30.3 Å². The number of hydroxylamine groups is 2. The summed E-state index contributed by atoms with van der Waals surface area (Å²) in [4.78, 5) is 30.3. The summed E-state index contributed by atoms with van der Waals surface area (Å²) in [5, 5.41) is 4.98. The van der Waals surface area contributed by atoms with Crippen molar-refractivity contribution in [1.29, 1.82) is 0 Å². The van der Waals surface area contributed by atoms with Crippen molar-refractivity contribution in [1.82, 2.24) is 10.4 Å². The molecule has 2 amide bonds. The molecule has 3 aromatic rings. The van der Waals surface area contributed by atoms with Crippen molar-refractivity contribution in [3.63, 3.8) is 0 Å². The van der Waals surface area contributed by atoms with Gasteiger partial charge in [0.25, 0.3) is 5.91 Å². The molecule has 0 spiro atoms. The summed E-state index contributed by atoms with van der Waals surface area (Å²) in [6, 6.07) is 18.8. The minimum absolute atomic E-state index is 0.00950. The molecule has 5 nitrogen and oxygen atoms in total. The van der Waals surface area contributed by atoms with Crippen LogP contribution in [0, 0.1) is 0 Å². The Labute approximate surface area is 199 Å². The third-order valence-corrected chi connectivity index (χ3v) is 5.30. The third-order valence-electron chi connectivity index (χ3n) is 4.16. The first kappa shape index (κ1) is 23.4. The van der Waals surface area contributed by atoms with Gasteiger partial charge in [0.05, 0.1) is 28.7 Å². The van der Waals surface area contributed by atoms with E-state index in [4.69, 9.17) is 51.2 Å². The molecule has 0 unspecified atom stereocenters. The van der Waals surface area contributed by atoms with Crippen LogP contribution in [0.4, 0.5) is 4.79 Å². The number of rotatable bonds is 6. The first-order chi connectivity index (χ1) is 14.8. The summed E-state index contributed by atoms with van der Waals surface area (Å²) in [6.45, 7) is 0.516.